The Bertz CT molecular complexity index is 656. The predicted molar refractivity (Wildman–Crippen MR) is 98.5 cm³/mol. The minimum atomic E-state index is -0.792. The third-order valence-electron chi connectivity index (χ3n) is 4.18. The van der Waals surface area contributed by atoms with Crippen LogP contribution in [-0.2, 0) is 4.79 Å². The monoisotopic (exact) mass is 342 g/mol. The maximum atomic E-state index is 12.2. The molecule has 0 spiro atoms. The molecule has 0 aliphatic rings. The molecular weight excluding hydrogens is 316 g/mol. The van der Waals surface area contributed by atoms with Crippen LogP contribution in [0, 0.1) is 0 Å². The summed E-state index contributed by atoms with van der Waals surface area (Å²) in [7, 11) is 5.58. The molecule has 2 N–H and O–H groups in total. The van der Waals surface area contributed by atoms with Gasteiger partial charge in [0.05, 0.1) is 25.7 Å². The van der Waals surface area contributed by atoms with Crippen molar-refractivity contribution in [2.24, 2.45) is 0 Å². The summed E-state index contributed by atoms with van der Waals surface area (Å²) in [6, 6.07) is 17.1. The number of likely N-dealkylation sites (N-methyl/N-ethyl adjacent to an activating group) is 1. The highest BCUT2D eigenvalue weighted by atomic mass is 16.5. The number of aliphatic hydroxyl groups is 1. The average Bonchev–Trinajstić information content (AvgIpc) is 2.62. The molecule has 2 rings (SSSR count). The number of aliphatic hydroxyl groups excluding tert-OH is 1. The summed E-state index contributed by atoms with van der Waals surface area (Å²) in [5.74, 6) is 0.632. The van der Waals surface area contributed by atoms with E-state index < -0.39 is 6.10 Å². The van der Waals surface area contributed by atoms with E-state index in [9.17, 15) is 9.90 Å². The lowest BCUT2D eigenvalue weighted by molar-refractivity contribution is -0.123. The van der Waals surface area contributed by atoms with Crippen LogP contribution in [-0.4, -0.2) is 43.7 Å². The largest absolute Gasteiger partial charge is 0.497 e. The van der Waals surface area contributed by atoms with E-state index in [1.807, 2.05) is 68.7 Å². The molecule has 0 saturated heterocycles. The molecule has 0 heterocycles. The zero-order valence-electron chi connectivity index (χ0n) is 15.0. The maximum absolute atomic E-state index is 12.2. The summed E-state index contributed by atoms with van der Waals surface area (Å²) < 4.78 is 5.18. The molecule has 5 heteroatoms. The molecule has 0 radical (unpaired) electrons. The number of amides is 1. The lowest BCUT2D eigenvalue weighted by atomic mass is 10.0. The Morgan fingerprint density at radius 1 is 1.08 bits per heavy atom. The first-order chi connectivity index (χ1) is 12.0. The van der Waals surface area contributed by atoms with Crippen LogP contribution < -0.4 is 10.1 Å². The van der Waals surface area contributed by atoms with Crippen LogP contribution in [0.1, 0.15) is 29.7 Å². The number of nitrogens with zero attached hydrogens (tertiary/aromatic N) is 1. The van der Waals surface area contributed by atoms with Crippen molar-refractivity contribution in [1.29, 1.82) is 0 Å². The van der Waals surface area contributed by atoms with Crippen LogP contribution in [0.5, 0.6) is 5.75 Å². The molecule has 0 bridgehead atoms. The van der Waals surface area contributed by atoms with Crippen molar-refractivity contribution in [1.82, 2.24) is 10.2 Å². The van der Waals surface area contributed by atoms with Gasteiger partial charge in [0.25, 0.3) is 0 Å². The highest BCUT2D eigenvalue weighted by molar-refractivity contribution is 5.76. The molecular formula is C20H26N2O3. The van der Waals surface area contributed by atoms with Gasteiger partial charge >= 0.3 is 0 Å². The Kier molecular flexibility index (Phi) is 6.98. The maximum Gasteiger partial charge on any atom is 0.223 e. The van der Waals surface area contributed by atoms with E-state index in [2.05, 4.69) is 10.2 Å². The van der Waals surface area contributed by atoms with Crippen LogP contribution in [0.25, 0.3) is 0 Å². The summed E-state index contributed by atoms with van der Waals surface area (Å²) in [5, 5.41) is 13.1. The molecule has 1 amide bonds. The number of carbonyl (C=O) groups excluding carboxylic acids is 1. The van der Waals surface area contributed by atoms with Crippen molar-refractivity contribution in [3.8, 4) is 5.75 Å². The molecule has 5 nitrogen and oxygen atoms in total. The van der Waals surface area contributed by atoms with Gasteiger partial charge in [0.2, 0.25) is 5.91 Å². The second kappa shape index (κ2) is 9.20. The third-order valence-corrected chi connectivity index (χ3v) is 4.18. The van der Waals surface area contributed by atoms with E-state index in [1.165, 1.54) is 0 Å². The lowest BCUT2D eigenvalue weighted by Crippen LogP contribution is -2.35. The van der Waals surface area contributed by atoms with E-state index in [1.54, 1.807) is 7.11 Å². The van der Waals surface area contributed by atoms with E-state index in [-0.39, 0.29) is 18.4 Å². The molecule has 25 heavy (non-hydrogen) atoms. The van der Waals surface area contributed by atoms with Crippen LogP contribution in [0.4, 0.5) is 0 Å². The third kappa shape index (κ3) is 5.59. The summed E-state index contributed by atoms with van der Waals surface area (Å²) in [6.07, 6.45) is -0.743. The zero-order valence-corrected chi connectivity index (χ0v) is 15.0. The lowest BCUT2D eigenvalue weighted by Gasteiger charge is -2.25. The standard InChI is InChI=1S/C20H26N2O3/c1-22(2)18(15-9-11-17(25-3)12-10-15)14-21-20(24)13-19(23)16-7-5-4-6-8-16/h4-12,18-19,23H,13-14H2,1-3H3,(H,21,24). The molecule has 2 unspecified atom stereocenters. The second-order valence-corrected chi connectivity index (χ2v) is 6.19. The van der Waals surface area contributed by atoms with Gasteiger partial charge in [-0.15, -0.1) is 0 Å². The van der Waals surface area contributed by atoms with Crippen molar-refractivity contribution in [3.05, 3.63) is 65.7 Å². The fourth-order valence-electron chi connectivity index (χ4n) is 2.68. The van der Waals surface area contributed by atoms with E-state index in [0.29, 0.717) is 6.54 Å². The number of rotatable bonds is 8. The smallest absolute Gasteiger partial charge is 0.223 e. The normalized spacial score (nSPS) is 13.3. The zero-order chi connectivity index (χ0) is 18.2. The highest BCUT2D eigenvalue weighted by Crippen LogP contribution is 2.21. The Hall–Kier alpha value is -2.37. The van der Waals surface area contributed by atoms with Gasteiger partial charge in [-0.1, -0.05) is 42.5 Å². The Balaban J connectivity index is 1.92. The second-order valence-electron chi connectivity index (χ2n) is 6.19. The minimum absolute atomic E-state index is 0.0451. The molecule has 2 aromatic rings. The van der Waals surface area contributed by atoms with Crippen LogP contribution in [0.2, 0.25) is 0 Å². The van der Waals surface area contributed by atoms with Gasteiger partial charge in [-0.3, -0.25) is 4.79 Å². The van der Waals surface area contributed by atoms with Gasteiger partial charge in [0, 0.05) is 6.54 Å². The van der Waals surface area contributed by atoms with Crippen molar-refractivity contribution < 1.29 is 14.6 Å². The number of hydrogen-bond acceptors (Lipinski definition) is 4. The first-order valence-electron chi connectivity index (χ1n) is 8.31. The van der Waals surface area contributed by atoms with Gasteiger partial charge < -0.3 is 20.1 Å². The summed E-state index contributed by atoms with van der Waals surface area (Å²) >= 11 is 0. The van der Waals surface area contributed by atoms with Crippen LogP contribution >= 0.6 is 0 Å². The average molecular weight is 342 g/mol. The molecule has 0 aromatic heterocycles. The Labute approximate surface area is 149 Å². The molecule has 134 valence electrons. The SMILES string of the molecule is COc1ccc(C(CNC(=O)CC(O)c2ccccc2)N(C)C)cc1. The van der Waals surface area contributed by atoms with Crippen molar-refractivity contribution in [2.45, 2.75) is 18.6 Å². The van der Waals surface area contributed by atoms with E-state index in [4.69, 9.17) is 4.74 Å². The fraction of sp³-hybridized carbons (Fsp3) is 0.350. The molecule has 0 saturated carbocycles. The highest BCUT2D eigenvalue weighted by Gasteiger charge is 2.17. The molecule has 2 atom stereocenters. The van der Waals surface area contributed by atoms with Crippen LogP contribution in [0.15, 0.2) is 54.6 Å². The Morgan fingerprint density at radius 3 is 2.28 bits per heavy atom. The topological polar surface area (TPSA) is 61.8 Å². The summed E-state index contributed by atoms with van der Waals surface area (Å²) in [4.78, 5) is 14.2. The number of methoxy groups -OCH3 is 1. The number of ether oxygens (including phenoxy) is 1. The summed E-state index contributed by atoms with van der Waals surface area (Å²) in [5.41, 5.74) is 1.84. The minimum Gasteiger partial charge on any atom is -0.497 e. The van der Waals surface area contributed by atoms with Gasteiger partial charge in [0.1, 0.15) is 5.75 Å². The predicted octanol–water partition coefficient (Wildman–Crippen LogP) is 2.54. The van der Waals surface area contributed by atoms with Gasteiger partial charge in [-0.25, -0.2) is 0 Å². The first kappa shape index (κ1) is 19.0. The molecule has 2 aromatic carbocycles. The van der Waals surface area contributed by atoms with E-state index >= 15 is 0 Å². The molecule has 0 aliphatic carbocycles. The number of nitrogens with one attached hydrogen (secondary N) is 1. The van der Waals surface area contributed by atoms with Crippen molar-refractivity contribution >= 4 is 5.91 Å². The molecule has 0 aliphatic heterocycles. The fourth-order valence-corrected chi connectivity index (χ4v) is 2.68. The van der Waals surface area contributed by atoms with Crippen molar-refractivity contribution in [2.75, 3.05) is 27.7 Å². The first-order valence-corrected chi connectivity index (χ1v) is 8.31. The van der Waals surface area contributed by atoms with Crippen LogP contribution in [0.3, 0.4) is 0 Å². The van der Waals surface area contributed by atoms with Gasteiger partial charge in [0.15, 0.2) is 0 Å². The van der Waals surface area contributed by atoms with Gasteiger partial charge in [-0.05, 0) is 37.4 Å². The number of hydrogen-bond donors (Lipinski definition) is 2. The molecule has 0 fully saturated rings. The number of benzene rings is 2. The quantitative estimate of drug-likeness (QED) is 0.774. The number of carbonyl (C=O) groups is 1. The van der Waals surface area contributed by atoms with Gasteiger partial charge in [-0.2, -0.15) is 0 Å². The van der Waals surface area contributed by atoms with E-state index in [0.717, 1.165) is 16.9 Å². The summed E-state index contributed by atoms with van der Waals surface area (Å²) in [6.45, 7) is 0.472. The van der Waals surface area contributed by atoms with Crippen molar-refractivity contribution in [3.63, 3.8) is 0 Å². The Morgan fingerprint density at radius 2 is 1.72 bits per heavy atom.